The maximum absolute atomic E-state index is 13.5. The predicted octanol–water partition coefficient (Wildman–Crippen LogP) is 15.5. The Bertz CT molecular complexity index is 1240. The van der Waals surface area contributed by atoms with Crippen molar-refractivity contribution in [3.63, 3.8) is 0 Å². The summed E-state index contributed by atoms with van der Waals surface area (Å²) >= 11 is 4.58. The number of hydrogen-bond acceptors (Lipinski definition) is 12. The van der Waals surface area contributed by atoms with E-state index in [0.717, 1.165) is 38.5 Å². The summed E-state index contributed by atoms with van der Waals surface area (Å²) in [5, 5.41) is 0. The molecule has 0 radical (unpaired) electrons. The van der Waals surface area contributed by atoms with E-state index in [1.54, 1.807) is 14.7 Å². The molecular formula is C60H111N3O9S3. The molecule has 15 heteroatoms. The predicted molar refractivity (Wildman–Crippen MR) is 317 cm³/mol. The summed E-state index contributed by atoms with van der Waals surface area (Å²) in [6.07, 6.45) is 42.6. The van der Waals surface area contributed by atoms with Gasteiger partial charge >= 0.3 is 17.9 Å². The Labute approximate surface area is 471 Å². The van der Waals surface area contributed by atoms with Gasteiger partial charge in [-0.1, -0.05) is 213 Å². The number of carbonyl (C=O) groups excluding carboxylic acids is 6. The van der Waals surface area contributed by atoms with Crippen LogP contribution in [0.5, 0.6) is 0 Å². The molecule has 75 heavy (non-hydrogen) atoms. The van der Waals surface area contributed by atoms with Gasteiger partial charge in [-0.3, -0.25) is 28.8 Å². The van der Waals surface area contributed by atoms with Crippen LogP contribution in [0.4, 0.5) is 0 Å². The fourth-order valence-electron chi connectivity index (χ4n) is 9.02. The first-order valence-electron chi connectivity index (χ1n) is 30.7. The van der Waals surface area contributed by atoms with Gasteiger partial charge in [0.15, 0.2) is 0 Å². The molecule has 0 N–H and O–H groups in total. The molecule has 1 heterocycles. The van der Waals surface area contributed by atoms with E-state index in [1.165, 1.54) is 209 Å². The Morgan fingerprint density at radius 3 is 0.680 bits per heavy atom. The molecule has 1 rings (SSSR count). The van der Waals surface area contributed by atoms with Gasteiger partial charge in [0.2, 0.25) is 17.7 Å². The lowest BCUT2D eigenvalue weighted by molar-refractivity contribution is -0.158. The van der Waals surface area contributed by atoms with Crippen molar-refractivity contribution in [1.29, 1.82) is 0 Å². The molecule has 3 amide bonds. The van der Waals surface area contributed by atoms with Crippen molar-refractivity contribution in [3.8, 4) is 0 Å². The summed E-state index contributed by atoms with van der Waals surface area (Å²) in [5.74, 6) is 2.13. The maximum Gasteiger partial charge on any atom is 0.306 e. The van der Waals surface area contributed by atoms with Gasteiger partial charge in [0.25, 0.3) is 0 Å². The number of nitrogens with zero attached hydrogens (tertiary/aromatic N) is 3. The highest BCUT2D eigenvalue weighted by molar-refractivity contribution is 7.99. The zero-order valence-electron chi connectivity index (χ0n) is 48.3. The Kier molecular flexibility index (Phi) is 50.9. The topological polar surface area (TPSA) is 140 Å². The van der Waals surface area contributed by atoms with E-state index in [2.05, 4.69) is 20.8 Å². The molecular weight excluding hydrogens is 1000 g/mol. The average Bonchev–Trinajstić information content (AvgIpc) is 3.41. The largest absolute Gasteiger partial charge is 0.466 e. The molecule has 1 aliphatic rings. The molecule has 0 aromatic heterocycles. The van der Waals surface area contributed by atoms with Gasteiger partial charge in [0, 0.05) is 53.8 Å². The minimum Gasteiger partial charge on any atom is -0.466 e. The molecule has 1 saturated heterocycles. The zero-order chi connectivity index (χ0) is 54.5. The summed E-state index contributed by atoms with van der Waals surface area (Å²) in [7, 11) is 0. The first kappa shape index (κ1) is 70.9. The Morgan fingerprint density at radius 2 is 0.467 bits per heavy atom. The first-order chi connectivity index (χ1) is 36.7. The number of hydrogen-bond donors (Lipinski definition) is 0. The van der Waals surface area contributed by atoms with E-state index in [-0.39, 0.29) is 74.9 Å². The van der Waals surface area contributed by atoms with Crippen molar-refractivity contribution < 1.29 is 43.0 Å². The molecule has 0 aromatic rings. The van der Waals surface area contributed by atoms with E-state index in [9.17, 15) is 28.8 Å². The summed E-state index contributed by atoms with van der Waals surface area (Å²) in [5.41, 5.74) is 0. The molecule has 1 fully saturated rings. The number of ether oxygens (including phenoxy) is 3. The van der Waals surface area contributed by atoms with Gasteiger partial charge in [0.05, 0.1) is 59.1 Å². The van der Waals surface area contributed by atoms with Crippen LogP contribution >= 0.6 is 35.3 Å². The van der Waals surface area contributed by atoms with Gasteiger partial charge in [-0.15, -0.1) is 0 Å². The van der Waals surface area contributed by atoms with E-state index in [1.807, 2.05) is 0 Å². The fraction of sp³-hybridized carbons (Fsp3) is 0.900. The molecule has 0 unspecified atom stereocenters. The van der Waals surface area contributed by atoms with Crippen LogP contribution < -0.4 is 0 Å². The number of thioether (sulfide) groups is 3. The molecule has 12 nitrogen and oxygen atoms in total. The van der Waals surface area contributed by atoms with Crippen molar-refractivity contribution in [3.05, 3.63) is 0 Å². The van der Waals surface area contributed by atoms with Crippen molar-refractivity contribution >= 4 is 70.9 Å². The minimum atomic E-state index is -0.207. The number of rotatable bonds is 54. The normalized spacial score (nSPS) is 12.6. The number of carbonyl (C=O) groups is 6. The van der Waals surface area contributed by atoms with Crippen LogP contribution in [-0.2, 0) is 43.0 Å². The molecule has 438 valence electrons. The highest BCUT2D eigenvalue weighted by atomic mass is 32.2. The van der Waals surface area contributed by atoms with Gasteiger partial charge in [-0.05, 0) is 19.3 Å². The lowest BCUT2D eigenvalue weighted by Crippen LogP contribution is -2.59. The van der Waals surface area contributed by atoms with Crippen molar-refractivity contribution in [2.45, 2.75) is 271 Å². The monoisotopic (exact) mass is 1110 g/mol. The summed E-state index contributed by atoms with van der Waals surface area (Å²) in [6.45, 7) is 8.42. The molecule has 0 atom stereocenters. The summed E-state index contributed by atoms with van der Waals surface area (Å²) in [4.78, 5) is 82.4. The zero-order valence-corrected chi connectivity index (χ0v) is 50.8. The summed E-state index contributed by atoms with van der Waals surface area (Å²) in [6, 6.07) is 0. The minimum absolute atomic E-state index is 0.101. The van der Waals surface area contributed by atoms with Crippen LogP contribution in [-0.4, -0.2) is 125 Å². The van der Waals surface area contributed by atoms with E-state index in [0.29, 0.717) is 73.6 Å². The molecule has 0 spiro atoms. The second kappa shape index (κ2) is 53.9. The molecule has 1 aliphatic heterocycles. The van der Waals surface area contributed by atoms with Crippen molar-refractivity contribution in [1.82, 2.24) is 14.7 Å². The van der Waals surface area contributed by atoms with Crippen LogP contribution in [0.15, 0.2) is 0 Å². The molecule has 0 saturated carbocycles. The maximum atomic E-state index is 13.5. The van der Waals surface area contributed by atoms with E-state index < -0.39 is 0 Å². The van der Waals surface area contributed by atoms with Crippen LogP contribution in [0.3, 0.4) is 0 Å². The van der Waals surface area contributed by atoms with E-state index in [4.69, 9.17) is 14.2 Å². The van der Waals surface area contributed by atoms with Crippen LogP contribution in [0.25, 0.3) is 0 Å². The van der Waals surface area contributed by atoms with Crippen LogP contribution in [0.1, 0.15) is 271 Å². The molecule has 0 aliphatic carbocycles. The first-order valence-corrected chi connectivity index (χ1v) is 34.2. The third-order valence-corrected chi connectivity index (χ3v) is 16.8. The van der Waals surface area contributed by atoms with Gasteiger partial charge in [-0.25, -0.2) is 0 Å². The van der Waals surface area contributed by atoms with Crippen LogP contribution in [0.2, 0.25) is 0 Å². The van der Waals surface area contributed by atoms with E-state index >= 15 is 0 Å². The SMILES string of the molecule is CCCCCCCCCCCCCOC(=O)CCSCCC(=O)N1CN(C(=O)CCSCCC(=O)OCCCCCCCCCCCCC)CN(C(=O)CCSCCC(=O)OCCCCCCCCCCCCC)C1. The molecule has 0 aromatic carbocycles. The summed E-state index contributed by atoms with van der Waals surface area (Å²) < 4.78 is 16.4. The van der Waals surface area contributed by atoms with Crippen LogP contribution in [0, 0.1) is 0 Å². The Morgan fingerprint density at radius 1 is 0.280 bits per heavy atom. The number of esters is 3. The Balaban J connectivity index is 2.45. The second-order valence-electron chi connectivity index (χ2n) is 20.8. The Hall–Kier alpha value is -2.13. The highest BCUT2D eigenvalue weighted by Crippen LogP contribution is 2.19. The van der Waals surface area contributed by atoms with Gasteiger partial charge < -0.3 is 28.9 Å². The van der Waals surface area contributed by atoms with Crippen molar-refractivity contribution in [2.24, 2.45) is 0 Å². The lowest BCUT2D eigenvalue weighted by atomic mass is 10.1. The number of unbranched alkanes of at least 4 members (excludes halogenated alkanes) is 30. The molecule has 0 bridgehead atoms. The lowest BCUT2D eigenvalue weighted by Gasteiger charge is -2.42. The van der Waals surface area contributed by atoms with Crippen molar-refractivity contribution in [2.75, 3.05) is 74.3 Å². The quantitative estimate of drug-likeness (QED) is 0.0325. The smallest absolute Gasteiger partial charge is 0.306 e. The second-order valence-corrected chi connectivity index (χ2v) is 24.5. The van der Waals surface area contributed by atoms with Gasteiger partial charge in [-0.2, -0.15) is 35.3 Å². The third kappa shape index (κ3) is 45.4. The average molecular weight is 1110 g/mol. The fourth-order valence-corrected chi connectivity index (χ4v) is 11.5. The standard InChI is InChI=1S/C60H111N3O9S3/c1-4-7-10-13-16-19-22-25-28-31-34-43-70-58(67)40-49-73-46-37-55(64)61-52-62(56(65)38-47-74-50-41-59(68)71-44-35-32-29-26-23-20-17-14-11-8-5-2)54-63(53-61)57(66)39-48-75-51-42-60(69)72-45-36-33-30-27-24-21-18-15-12-9-6-3/h4-54H2,1-3H3. The number of amides is 3. The third-order valence-electron chi connectivity index (χ3n) is 13.8. The van der Waals surface area contributed by atoms with Gasteiger partial charge in [0.1, 0.15) is 0 Å². The highest BCUT2D eigenvalue weighted by Gasteiger charge is 2.31.